The lowest BCUT2D eigenvalue weighted by Gasteiger charge is -2.25. The summed E-state index contributed by atoms with van der Waals surface area (Å²) in [4.78, 5) is 4.01. The van der Waals surface area contributed by atoms with Crippen LogP contribution >= 0.6 is 11.8 Å². The zero-order valence-electron chi connectivity index (χ0n) is 7.64. The summed E-state index contributed by atoms with van der Waals surface area (Å²) in [6.45, 7) is 1.68. The van der Waals surface area contributed by atoms with Crippen molar-refractivity contribution in [2.24, 2.45) is 0 Å². The van der Waals surface area contributed by atoms with Gasteiger partial charge in [0, 0.05) is 11.9 Å². The molecule has 0 aliphatic carbocycles. The molecular weight excluding hydrogens is 196 g/mol. The van der Waals surface area contributed by atoms with Crippen LogP contribution in [0.1, 0.15) is 11.3 Å². The van der Waals surface area contributed by atoms with E-state index in [0.717, 1.165) is 24.5 Å². The normalized spacial score (nSPS) is 15.9. The van der Waals surface area contributed by atoms with E-state index in [0.29, 0.717) is 10.9 Å². The summed E-state index contributed by atoms with van der Waals surface area (Å²) < 4.78 is 5.08. The molecular formula is C10H10N2OS. The summed E-state index contributed by atoms with van der Waals surface area (Å²) in [5.41, 5.74) is 1.56. The van der Waals surface area contributed by atoms with Crippen LogP contribution in [0.5, 0.6) is 0 Å². The molecule has 0 saturated carbocycles. The van der Waals surface area contributed by atoms with Crippen molar-refractivity contribution in [2.45, 2.75) is 11.0 Å². The van der Waals surface area contributed by atoms with Crippen LogP contribution in [0.15, 0.2) is 18.3 Å². The van der Waals surface area contributed by atoms with Crippen LogP contribution in [-0.4, -0.2) is 23.4 Å². The van der Waals surface area contributed by atoms with E-state index in [1.165, 1.54) is 0 Å². The van der Waals surface area contributed by atoms with Gasteiger partial charge in [-0.25, -0.2) is 4.98 Å². The summed E-state index contributed by atoms with van der Waals surface area (Å²) in [6, 6.07) is 5.93. The van der Waals surface area contributed by atoms with Crippen molar-refractivity contribution in [3.05, 3.63) is 29.6 Å². The van der Waals surface area contributed by atoms with Crippen LogP contribution in [0.4, 0.5) is 0 Å². The van der Waals surface area contributed by atoms with Crippen molar-refractivity contribution in [3.8, 4) is 6.07 Å². The zero-order valence-corrected chi connectivity index (χ0v) is 8.46. The van der Waals surface area contributed by atoms with Crippen molar-refractivity contribution in [2.75, 3.05) is 13.2 Å². The first-order chi connectivity index (χ1) is 6.90. The van der Waals surface area contributed by atoms with Crippen LogP contribution in [0, 0.1) is 11.3 Å². The molecule has 2 rings (SSSR count). The van der Waals surface area contributed by atoms with Crippen LogP contribution in [0.3, 0.4) is 0 Å². The SMILES string of the molecule is N#Cc1ncccc1CSC1COC1. The number of nitrogens with zero attached hydrogens (tertiary/aromatic N) is 2. The van der Waals surface area contributed by atoms with Crippen molar-refractivity contribution in [1.29, 1.82) is 5.26 Å². The number of thioether (sulfide) groups is 1. The highest BCUT2D eigenvalue weighted by Crippen LogP contribution is 2.23. The first-order valence-electron chi connectivity index (χ1n) is 4.43. The molecule has 1 aromatic rings. The highest BCUT2D eigenvalue weighted by atomic mass is 32.2. The number of rotatable bonds is 3. The lowest BCUT2D eigenvalue weighted by atomic mass is 10.2. The molecule has 2 heterocycles. The number of nitriles is 1. The minimum absolute atomic E-state index is 0.542. The zero-order chi connectivity index (χ0) is 9.80. The van der Waals surface area contributed by atoms with Gasteiger partial charge in [-0.2, -0.15) is 5.26 Å². The van der Waals surface area contributed by atoms with E-state index >= 15 is 0 Å². The third-order valence-corrected chi connectivity index (χ3v) is 3.30. The van der Waals surface area contributed by atoms with Crippen molar-refractivity contribution < 1.29 is 4.74 Å². The van der Waals surface area contributed by atoms with E-state index in [9.17, 15) is 0 Å². The second kappa shape index (κ2) is 4.45. The topological polar surface area (TPSA) is 45.9 Å². The number of pyridine rings is 1. The Morgan fingerprint density at radius 3 is 3.14 bits per heavy atom. The van der Waals surface area contributed by atoms with Gasteiger partial charge in [-0.15, -0.1) is 11.8 Å². The first kappa shape index (κ1) is 9.50. The lowest BCUT2D eigenvalue weighted by Crippen LogP contribution is -2.30. The Morgan fingerprint density at radius 2 is 2.50 bits per heavy atom. The number of ether oxygens (including phenoxy) is 1. The van der Waals surface area contributed by atoms with E-state index in [1.807, 2.05) is 23.9 Å². The Labute approximate surface area is 87.1 Å². The fourth-order valence-corrected chi connectivity index (χ4v) is 2.21. The second-order valence-electron chi connectivity index (χ2n) is 3.09. The molecule has 1 aliphatic heterocycles. The van der Waals surface area contributed by atoms with E-state index in [4.69, 9.17) is 10.00 Å². The Bertz CT molecular complexity index is 357. The Balaban J connectivity index is 1.97. The van der Waals surface area contributed by atoms with Crippen LogP contribution < -0.4 is 0 Å². The maximum atomic E-state index is 8.81. The predicted octanol–water partition coefficient (Wildman–Crippen LogP) is 1.59. The molecule has 0 atom stereocenters. The molecule has 0 bridgehead atoms. The quantitative estimate of drug-likeness (QED) is 0.753. The summed E-state index contributed by atoms with van der Waals surface area (Å²) in [7, 11) is 0. The number of hydrogen-bond donors (Lipinski definition) is 0. The van der Waals surface area contributed by atoms with Gasteiger partial charge < -0.3 is 4.74 Å². The highest BCUT2D eigenvalue weighted by Gasteiger charge is 2.18. The summed E-state index contributed by atoms with van der Waals surface area (Å²) in [5, 5.41) is 9.41. The van der Waals surface area contributed by atoms with Crippen molar-refractivity contribution in [1.82, 2.24) is 4.98 Å². The molecule has 0 N–H and O–H groups in total. The summed E-state index contributed by atoms with van der Waals surface area (Å²) >= 11 is 1.83. The molecule has 0 unspecified atom stereocenters. The Kier molecular flexibility index (Phi) is 3.02. The molecule has 0 spiro atoms. The van der Waals surface area contributed by atoms with Gasteiger partial charge in [-0.1, -0.05) is 6.07 Å². The smallest absolute Gasteiger partial charge is 0.144 e. The van der Waals surface area contributed by atoms with Gasteiger partial charge in [0.05, 0.1) is 18.5 Å². The van der Waals surface area contributed by atoms with E-state index in [2.05, 4.69) is 11.1 Å². The monoisotopic (exact) mass is 206 g/mol. The van der Waals surface area contributed by atoms with Crippen LogP contribution in [0.2, 0.25) is 0 Å². The van der Waals surface area contributed by atoms with E-state index in [-0.39, 0.29) is 0 Å². The van der Waals surface area contributed by atoms with Gasteiger partial charge >= 0.3 is 0 Å². The summed E-state index contributed by atoms with van der Waals surface area (Å²) in [5.74, 6) is 0.852. The maximum absolute atomic E-state index is 8.81. The van der Waals surface area contributed by atoms with Gasteiger partial charge in [0.2, 0.25) is 0 Å². The molecule has 1 aliphatic rings. The van der Waals surface area contributed by atoms with Gasteiger partial charge in [0.25, 0.3) is 0 Å². The molecule has 0 radical (unpaired) electrons. The molecule has 1 fully saturated rings. The number of hydrogen-bond acceptors (Lipinski definition) is 4. The lowest BCUT2D eigenvalue weighted by molar-refractivity contribution is 0.0455. The molecule has 1 saturated heterocycles. The predicted molar refractivity (Wildman–Crippen MR) is 54.9 cm³/mol. The Hall–Kier alpha value is -1.05. The third-order valence-electron chi connectivity index (χ3n) is 2.08. The van der Waals surface area contributed by atoms with E-state index in [1.54, 1.807) is 6.20 Å². The minimum Gasteiger partial charge on any atom is -0.379 e. The first-order valence-corrected chi connectivity index (χ1v) is 5.48. The fourth-order valence-electron chi connectivity index (χ4n) is 1.17. The minimum atomic E-state index is 0.542. The van der Waals surface area contributed by atoms with Crippen molar-refractivity contribution in [3.63, 3.8) is 0 Å². The number of aromatic nitrogens is 1. The van der Waals surface area contributed by atoms with Crippen LogP contribution in [0.25, 0.3) is 0 Å². The molecule has 4 heteroatoms. The van der Waals surface area contributed by atoms with Gasteiger partial charge in [-0.05, 0) is 11.6 Å². The fraction of sp³-hybridized carbons (Fsp3) is 0.400. The average molecular weight is 206 g/mol. The maximum Gasteiger partial charge on any atom is 0.144 e. The highest BCUT2D eigenvalue weighted by molar-refractivity contribution is 7.99. The second-order valence-corrected chi connectivity index (χ2v) is 4.38. The molecule has 0 amide bonds. The summed E-state index contributed by atoms with van der Waals surface area (Å²) in [6.07, 6.45) is 1.65. The molecule has 72 valence electrons. The molecule has 0 aromatic carbocycles. The van der Waals surface area contributed by atoms with Gasteiger partial charge in [0.1, 0.15) is 11.8 Å². The largest absolute Gasteiger partial charge is 0.379 e. The third kappa shape index (κ3) is 2.06. The standard InChI is InChI=1S/C10H10N2OS/c11-4-10-8(2-1-3-12-10)7-14-9-5-13-6-9/h1-3,9H,5-7H2. The molecule has 1 aromatic heterocycles. The molecule has 14 heavy (non-hydrogen) atoms. The van der Waals surface area contributed by atoms with Crippen molar-refractivity contribution >= 4 is 11.8 Å². The van der Waals surface area contributed by atoms with Gasteiger partial charge in [0.15, 0.2) is 0 Å². The van der Waals surface area contributed by atoms with E-state index < -0.39 is 0 Å². The van der Waals surface area contributed by atoms with Gasteiger partial charge in [-0.3, -0.25) is 0 Å². The van der Waals surface area contributed by atoms with Crippen LogP contribution in [-0.2, 0) is 10.5 Å². The Morgan fingerprint density at radius 1 is 1.64 bits per heavy atom. The average Bonchev–Trinajstić information content (AvgIpc) is 2.16. The molecule has 3 nitrogen and oxygen atoms in total.